The molecule has 6 nitrogen and oxygen atoms in total. The predicted molar refractivity (Wildman–Crippen MR) is 118 cm³/mol. The summed E-state index contributed by atoms with van der Waals surface area (Å²) in [5.41, 5.74) is 1.48. The van der Waals surface area contributed by atoms with E-state index in [0.717, 1.165) is 11.3 Å². The van der Waals surface area contributed by atoms with Crippen LogP contribution in [0.4, 0.5) is 5.69 Å². The van der Waals surface area contributed by atoms with Gasteiger partial charge in [-0.2, -0.15) is 0 Å². The molecular weight excluding hydrogens is 392 g/mol. The molecular formula is C25H22N2O4. The number of ether oxygens (including phenoxy) is 2. The lowest BCUT2D eigenvalue weighted by Gasteiger charge is -2.12. The number of nitrogens with one attached hydrogen (secondary N) is 1. The van der Waals surface area contributed by atoms with Crippen LogP contribution in [0.3, 0.4) is 0 Å². The van der Waals surface area contributed by atoms with Crippen LogP contribution in [0.1, 0.15) is 12.3 Å². The number of oxazole rings is 1. The van der Waals surface area contributed by atoms with Crippen molar-refractivity contribution in [2.45, 2.75) is 12.8 Å². The minimum absolute atomic E-state index is 0.148. The number of aromatic nitrogens is 1. The molecule has 0 bridgehead atoms. The molecule has 0 aliphatic carbocycles. The van der Waals surface area contributed by atoms with E-state index in [1.54, 1.807) is 13.3 Å². The number of carbonyl (C=O) groups excluding carboxylic acids is 1. The Bertz CT molecular complexity index is 1150. The molecule has 1 heterocycles. The second kappa shape index (κ2) is 9.63. The van der Waals surface area contributed by atoms with Gasteiger partial charge in [0.1, 0.15) is 11.5 Å². The SMILES string of the molecule is COc1cccc(-c2cnc(CCC(=O)Nc3ccccc3Oc3ccccc3)o2)c1. The summed E-state index contributed by atoms with van der Waals surface area (Å²) in [7, 11) is 1.62. The lowest BCUT2D eigenvalue weighted by molar-refractivity contribution is -0.116. The van der Waals surface area contributed by atoms with Crippen molar-refractivity contribution in [3.63, 3.8) is 0 Å². The Balaban J connectivity index is 1.37. The zero-order valence-corrected chi connectivity index (χ0v) is 17.1. The molecule has 0 unspecified atom stereocenters. The van der Waals surface area contributed by atoms with Crippen molar-refractivity contribution >= 4 is 11.6 Å². The van der Waals surface area contributed by atoms with E-state index in [-0.39, 0.29) is 12.3 Å². The predicted octanol–water partition coefficient (Wildman–Crippen LogP) is 5.71. The summed E-state index contributed by atoms with van der Waals surface area (Å²) in [4.78, 5) is 16.8. The van der Waals surface area contributed by atoms with Crippen LogP contribution >= 0.6 is 0 Å². The standard InChI is InChI=1S/C25H22N2O4/c1-29-20-11-7-8-18(16-20)23-17-26-25(31-23)15-14-24(28)27-21-12-5-6-13-22(21)30-19-9-3-2-4-10-19/h2-13,16-17H,14-15H2,1H3,(H,27,28). The van der Waals surface area contributed by atoms with E-state index in [0.29, 0.717) is 35.3 Å². The van der Waals surface area contributed by atoms with E-state index < -0.39 is 0 Å². The first kappa shape index (κ1) is 20.2. The summed E-state index contributed by atoms with van der Waals surface area (Å²) < 4.78 is 16.9. The van der Waals surface area contributed by atoms with Gasteiger partial charge in [0, 0.05) is 18.4 Å². The third kappa shape index (κ3) is 5.30. The fourth-order valence-corrected chi connectivity index (χ4v) is 3.04. The van der Waals surface area contributed by atoms with Gasteiger partial charge in [-0.3, -0.25) is 4.79 Å². The maximum absolute atomic E-state index is 12.5. The van der Waals surface area contributed by atoms with Crippen LogP contribution in [0.5, 0.6) is 17.2 Å². The molecule has 0 fully saturated rings. The number of anilines is 1. The molecule has 0 saturated heterocycles. The van der Waals surface area contributed by atoms with Gasteiger partial charge in [0.25, 0.3) is 0 Å². The van der Waals surface area contributed by atoms with Gasteiger partial charge in [-0.15, -0.1) is 0 Å². The average Bonchev–Trinajstić information content (AvgIpc) is 3.29. The lowest BCUT2D eigenvalue weighted by Crippen LogP contribution is -2.13. The molecule has 4 aromatic rings. The van der Waals surface area contributed by atoms with E-state index in [4.69, 9.17) is 13.9 Å². The molecule has 0 atom stereocenters. The van der Waals surface area contributed by atoms with Crippen molar-refractivity contribution in [1.82, 2.24) is 4.98 Å². The third-order valence-electron chi connectivity index (χ3n) is 4.61. The molecule has 1 N–H and O–H groups in total. The van der Waals surface area contributed by atoms with Gasteiger partial charge in [0.2, 0.25) is 5.91 Å². The maximum atomic E-state index is 12.5. The number of aryl methyl sites for hydroxylation is 1. The Morgan fingerprint density at radius 3 is 2.58 bits per heavy atom. The van der Waals surface area contributed by atoms with Crippen LogP contribution in [-0.4, -0.2) is 18.0 Å². The van der Waals surface area contributed by atoms with E-state index in [1.165, 1.54) is 0 Å². The molecule has 31 heavy (non-hydrogen) atoms. The zero-order chi connectivity index (χ0) is 21.5. The van der Waals surface area contributed by atoms with Crippen LogP contribution in [0, 0.1) is 0 Å². The maximum Gasteiger partial charge on any atom is 0.224 e. The van der Waals surface area contributed by atoms with Crippen molar-refractivity contribution in [2.75, 3.05) is 12.4 Å². The van der Waals surface area contributed by atoms with Gasteiger partial charge in [0.05, 0.1) is 19.0 Å². The number of nitrogens with zero attached hydrogens (tertiary/aromatic N) is 1. The van der Waals surface area contributed by atoms with Crippen LogP contribution in [0.25, 0.3) is 11.3 Å². The molecule has 0 radical (unpaired) electrons. The van der Waals surface area contributed by atoms with E-state index in [2.05, 4.69) is 10.3 Å². The number of benzene rings is 3. The summed E-state index contributed by atoms with van der Waals surface area (Å²) in [6, 6.07) is 24.3. The normalized spacial score (nSPS) is 10.5. The summed E-state index contributed by atoms with van der Waals surface area (Å²) in [6.07, 6.45) is 2.28. The molecule has 0 aliphatic rings. The smallest absolute Gasteiger partial charge is 0.224 e. The highest BCUT2D eigenvalue weighted by Gasteiger charge is 2.12. The number of hydrogen-bond donors (Lipinski definition) is 1. The molecule has 6 heteroatoms. The van der Waals surface area contributed by atoms with Gasteiger partial charge in [-0.05, 0) is 36.4 Å². The van der Waals surface area contributed by atoms with Crippen molar-refractivity contribution in [3.05, 3.63) is 91.0 Å². The van der Waals surface area contributed by atoms with Crippen molar-refractivity contribution < 1.29 is 18.7 Å². The van der Waals surface area contributed by atoms with Gasteiger partial charge < -0.3 is 19.2 Å². The molecule has 0 aliphatic heterocycles. The third-order valence-corrected chi connectivity index (χ3v) is 4.61. The highest BCUT2D eigenvalue weighted by Crippen LogP contribution is 2.29. The monoisotopic (exact) mass is 414 g/mol. The molecule has 0 spiro atoms. The van der Waals surface area contributed by atoms with E-state index in [9.17, 15) is 4.79 Å². The Morgan fingerprint density at radius 1 is 0.968 bits per heavy atom. The fourth-order valence-electron chi connectivity index (χ4n) is 3.04. The van der Waals surface area contributed by atoms with Crippen LogP contribution < -0.4 is 14.8 Å². The second-order valence-electron chi connectivity index (χ2n) is 6.81. The van der Waals surface area contributed by atoms with Crippen molar-refractivity contribution in [3.8, 4) is 28.6 Å². The number of carbonyl (C=O) groups is 1. The van der Waals surface area contributed by atoms with Gasteiger partial charge in [-0.25, -0.2) is 4.98 Å². The number of rotatable bonds is 8. The largest absolute Gasteiger partial charge is 0.497 e. The van der Waals surface area contributed by atoms with Crippen LogP contribution in [-0.2, 0) is 11.2 Å². The van der Waals surface area contributed by atoms with Gasteiger partial charge >= 0.3 is 0 Å². The van der Waals surface area contributed by atoms with E-state index in [1.807, 2.05) is 78.9 Å². The lowest BCUT2D eigenvalue weighted by atomic mass is 10.2. The highest BCUT2D eigenvalue weighted by atomic mass is 16.5. The fraction of sp³-hybridized carbons (Fsp3) is 0.120. The van der Waals surface area contributed by atoms with Crippen molar-refractivity contribution in [1.29, 1.82) is 0 Å². The number of hydrogen-bond acceptors (Lipinski definition) is 5. The minimum atomic E-state index is -0.148. The molecule has 1 aromatic heterocycles. The summed E-state index contributed by atoms with van der Waals surface area (Å²) >= 11 is 0. The first-order valence-electron chi connectivity index (χ1n) is 9.92. The average molecular weight is 414 g/mol. The minimum Gasteiger partial charge on any atom is -0.497 e. The summed E-state index contributed by atoms with van der Waals surface area (Å²) in [5, 5.41) is 2.90. The van der Waals surface area contributed by atoms with Crippen LogP contribution in [0.15, 0.2) is 89.5 Å². The number of amides is 1. The topological polar surface area (TPSA) is 73.6 Å². The first-order chi connectivity index (χ1) is 15.2. The number of methoxy groups -OCH3 is 1. The van der Waals surface area contributed by atoms with E-state index >= 15 is 0 Å². The summed E-state index contributed by atoms with van der Waals surface area (Å²) in [6.45, 7) is 0. The second-order valence-corrected chi connectivity index (χ2v) is 6.81. The first-order valence-corrected chi connectivity index (χ1v) is 9.92. The molecule has 1 amide bonds. The van der Waals surface area contributed by atoms with Gasteiger partial charge in [0.15, 0.2) is 17.4 Å². The Kier molecular flexibility index (Phi) is 6.28. The summed E-state index contributed by atoms with van der Waals surface area (Å²) in [5.74, 6) is 3.02. The Labute approximate surface area is 180 Å². The molecule has 156 valence electrons. The Hall–Kier alpha value is -4.06. The van der Waals surface area contributed by atoms with Crippen molar-refractivity contribution in [2.24, 2.45) is 0 Å². The number of para-hydroxylation sites is 3. The molecule has 3 aromatic carbocycles. The Morgan fingerprint density at radius 2 is 1.74 bits per heavy atom. The quantitative estimate of drug-likeness (QED) is 0.399. The zero-order valence-electron chi connectivity index (χ0n) is 17.1. The molecule has 0 saturated carbocycles. The van der Waals surface area contributed by atoms with Crippen LogP contribution in [0.2, 0.25) is 0 Å². The molecule has 4 rings (SSSR count). The van der Waals surface area contributed by atoms with Gasteiger partial charge in [-0.1, -0.05) is 42.5 Å². The highest BCUT2D eigenvalue weighted by molar-refractivity contribution is 5.92.